The van der Waals surface area contributed by atoms with Crippen molar-refractivity contribution in [2.24, 2.45) is 0 Å². The Morgan fingerprint density at radius 3 is 2.61 bits per heavy atom. The second kappa shape index (κ2) is 6.30. The number of halogens is 2. The number of hydrogen-bond acceptors (Lipinski definition) is 2. The molecule has 100 valence electrons. The van der Waals surface area contributed by atoms with E-state index in [0.717, 1.165) is 0 Å². The third-order valence-corrected chi connectivity index (χ3v) is 2.75. The molecule has 1 N–H and O–H groups in total. The molecule has 4 heteroatoms. The first-order valence-corrected chi connectivity index (χ1v) is 6.36. The molecule has 0 bridgehead atoms. The van der Waals surface area contributed by atoms with Crippen molar-refractivity contribution in [3.63, 3.8) is 0 Å². The predicted octanol–water partition coefficient (Wildman–Crippen LogP) is 3.37. The molecule has 0 aliphatic rings. The summed E-state index contributed by atoms with van der Waals surface area (Å²) in [4.78, 5) is 11.7. The lowest BCUT2D eigenvalue weighted by Gasteiger charge is -2.20. The van der Waals surface area contributed by atoms with Crippen LogP contribution in [0.1, 0.15) is 32.8 Å². The Labute approximate surface area is 113 Å². The van der Waals surface area contributed by atoms with Crippen LogP contribution in [0.4, 0.5) is 4.39 Å². The summed E-state index contributed by atoms with van der Waals surface area (Å²) >= 11 is 5.58. The number of carbonyl (C=O) groups is 1. The number of carbonyl (C=O) groups excluding carboxylic acids is 1. The quantitative estimate of drug-likeness (QED) is 0.890. The average molecular weight is 272 g/mol. The van der Waals surface area contributed by atoms with Gasteiger partial charge in [-0.05, 0) is 38.5 Å². The van der Waals surface area contributed by atoms with Crippen molar-refractivity contribution in [1.29, 1.82) is 0 Å². The Hall–Kier alpha value is -0.930. The van der Waals surface area contributed by atoms with Crippen molar-refractivity contribution >= 4 is 17.4 Å². The molecule has 0 aromatic heterocycles. The SMILES string of the molecule is CC(C)(C)NCCC(=O)Cc1ccc(Cl)c(F)c1. The van der Waals surface area contributed by atoms with E-state index in [4.69, 9.17) is 11.6 Å². The van der Waals surface area contributed by atoms with Crippen molar-refractivity contribution in [1.82, 2.24) is 5.32 Å². The molecular weight excluding hydrogens is 253 g/mol. The molecule has 1 rings (SSSR count). The van der Waals surface area contributed by atoms with Crippen LogP contribution in [0.15, 0.2) is 18.2 Å². The van der Waals surface area contributed by atoms with Gasteiger partial charge in [-0.1, -0.05) is 17.7 Å². The highest BCUT2D eigenvalue weighted by Crippen LogP contribution is 2.16. The number of ketones is 1. The van der Waals surface area contributed by atoms with Crippen LogP contribution in [0.25, 0.3) is 0 Å². The zero-order valence-electron chi connectivity index (χ0n) is 11.0. The van der Waals surface area contributed by atoms with Gasteiger partial charge in [0.1, 0.15) is 11.6 Å². The van der Waals surface area contributed by atoms with Gasteiger partial charge in [0.2, 0.25) is 0 Å². The van der Waals surface area contributed by atoms with Crippen LogP contribution in [0.5, 0.6) is 0 Å². The molecular formula is C14H19ClFNO. The van der Waals surface area contributed by atoms with Gasteiger partial charge in [-0.2, -0.15) is 0 Å². The second-order valence-electron chi connectivity index (χ2n) is 5.39. The third kappa shape index (κ3) is 5.61. The van der Waals surface area contributed by atoms with Gasteiger partial charge in [0.15, 0.2) is 0 Å². The topological polar surface area (TPSA) is 29.1 Å². The number of benzene rings is 1. The lowest BCUT2D eigenvalue weighted by Crippen LogP contribution is -2.37. The largest absolute Gasteiger partial charge is 0.312 e. The van der Waals surface area contributed by atoms with Gasteiger partial charge >= 0.3 is 0 Å². The Morgan fingerprint density at radius 2 is 2.06 bits per heavy atom. The van der Waals surface area contributed by atoms with Crippen LogP contribution in [0, 0.1) is 5.82 Å². The first-order chi connectivity index (χ1) is 8.28. The minimum absolute atomic E-state index is 0.00661. The van der Waals surface area contributed by atoms with Crippen molar-refractivity contribution < 1.29 is 9.18 Å². The highest BCUT2D eigenvalue weighted by atomic mass is 35.5. The fourth-order valence-electron chi connectivity index (χ4n) is 1.54. The van der Waals surface area contributed by atoms with E-state index in [0.29, 0.717) is 18.5 Å². The maximum absolute atomic E-state index is 13.2. The van der Waals surface area contributed by atoms with Gasteiger partial charge < -0.3 is 5.32 Å². The van der Waals surface area contributed by atoms with Crippen molar-refractivity contribution in [3.8, 4) is 0 Å². The molecule has 0 spiro atoms. The molecule has 0 heterocycles. The fraction of sp³-hybridized carbons (Fsp3) is 0.500. The van der Waals surface area contributed by atoms with E-state index >= 15 is 0 Å². The second-order valence-corrected chi connectivity index (χ2v) is 5.80. The van der Waals surface area contributed by atoms with Crippen molar-refractivity contribution in [2.75, 3.05) is 6.54 Å². The number of nitrogens with one attached hydrogen (secondary N) is 1. The van der Waals surface area contributed by atoms with Crippen LogP contribution >= 0.6 is 11.6 Å². The number of rotatable bonds is 5. The first kappa shape index (κ1) is 15.1. The Bertz CT molecular complexity index is 426. The summed E-state index contributed by atoms with van der Waals surface area (Å²) in [5.41, 5.74) is 0.671. The highest BCUT2D eigenvalue weighted by Gasteiger charge is 2.10. The maximum atomic E-state index is 13.2. The number of Topliss-reactive ketones (excluding diaryl/α,β-unsaturated/α-hetero) is 1. The van der Waals surface area contributed by atoms with E-state index in [1.807, 2.05) is 20.8 Å². The lowest BCUT2D eigenvalue weighted by molar-refractivity contribution is -0.118. The summed E-state index contributed by atoms with van der Waals surface area (Å²) in [6, 6.07) is 4.48. The summed E-state index contributed by atoms with van der Waals surface area (Å²) in [5, 5.41) is 3.33. The number of hydrogen-bond donors (Lipinski definition) is 1. The summed E-state index contributed by atoms with van der Waals surface area (Å²) in [5.74, 6) is -0.386. The molecule has 0 fully saturated rings. The molecule has 0 aliphatic heterocycles. The zero-order chi connectivity index (χ0) is 13.8. The average Bonchev–Trinajstić information content (AvgIpc) is 2.21. The Morgan fingerprint density at radius 1 is 1.39 bits per heavy atom. The minimum atomic E-state index is -0.477. The van der Waals surface area contributed by atoms with E-state index in [2.05, 4.69) is 5.32 Å². The van der Waals surface area contributed by atoms with Crippen LogP contribution in [-0.2, 0) is 11.2 Å². The fourth-order valence-corrected chi connectivity index (χ4v) is 1.66. The van der Waals surface area contributed by atoms with Gasteiger partial charge in [-0.25, -0.2) is 4.39 Å². The van der Waals surface area contributed by atoms with Gasteiger partial charge in [0.25, 0.3) is 0 Å². The molecule has 0 atom stereocenters. The normalized spacial score (nSPS) is 11.6. The molecule has 0 saturated heterocycles. The van der Waals surface area contributed by atoms with Crippen LogP contribution in [0.2, 0.25) is 5.02 Å². The first-order valence-electron chi connectivity index (χ1n) is 5.98. The van der Waals surface area contributed by atoms with E-state index in [1.54, 1.807) is 6.07 Å². The molecule has 0 saturated carbocycles. The van der Waals surface area contributed by atoms with E-state index in [9.17, 15) is 9.18 Å². The van der Waals surface area contributed by atoms with Crippen LogP contribution < -0.4 is 5.32 Å². The van der Waals surface area contributed by atoms with Crippen LogP contribution in [0.3, 0.4) is 0 Å². The van der Waals surface area contributed by atoms with Crippen molar-refractivity contribution in [3.05, 3.63) is 34.6 Å². The van der Waals surface area contributed by atoms with Crippen LogP contribution in [-0.4, -0.2) is 17.9 Å². The minimum Gasteiger partial charge on any atom is -0.312 e. The monoisotopic (exact) mass is 271 g/mol. The van der Waals surface area contributed by atoms with Gasteiger partial charge in [-0.3, -0.25) is 4.79 Å². The van der Waals surface area contributed by atoms with Gasteiger partial charge in [-0.15, -0.1) is 0 Å². The predicted molar refractivity (Wildman–Crippen MR) is 72.5 cm³/mol. The molecule has 1 aromatic rings. The molecule has 0 amide bonds. The molecule has 0 unspecified atom stereocenters. The molecule has 18 heavy (non-hydrogen) atoms. The third-order valence-electron chi connectivity index (χ3n) is 2.44. The molecule has 1 aromatic carbocycles. The van der Waals surface area contributed by atoms with E-state index < -0.39 is 5.82 Å². The summed E-state index contributed by atoms with van der Waals surface area (Å²) in [7, 11) is 0. The standard InChI is InChI=1S/C14H19ClFNO/c1-14(2,3)17-7-6-11(18)8-10-4-5-12(15)13(16)9-10/h4-5,9,17H,6-8H2,1-3H3. The Kier molecular flexibility index (Phi) is 5.29. The Balaban J connectivity index is 2.42. The van der Waals surface area contributed by atoms with Gasteiger partial charge in [0.05, 0.1) is 5.02 Å². The molecule has 2 nitrogen and oxygen atoms in total. The molecule has 0 radical (unpaired) electrons. The van der Waals surface area contributed by atoms with E-state index in [1.165, 1.54) is 12.1 Å². The summed E-state index contributed by atoms with van der Waals surface area (Å²) in [6.45, 7) is 6.78. The molecule has 0 aliphatic carbocycles. The highest BCUT2D eigenvalue weighted by molar-refractivity contribution is 6.30. The lowest BCUT2D eigenvalue weighted by atomic mass is 10.1. The van der Waals surface area contributed by atoms with E-state index in [-0.39, 0.29) is 22.8 Å². The smallest absolute Gasteiger partial charge is 0.142 e. The van der Waals surface area contributed by atoms with Crippen molar-refractivity contribution in [2.45, 2.75) is 39.2 Å². The zero-order valence-corrected chi connectivity index (χ0v) is 11.8. The summed E-state index contributed by atoms with van der Waals surface area (Å²) < 4.78 is 13.2. The maximum Gasteiger partial charge on any atom is 0.142 e. The van der Waals surface area contributed by atoms with Gasteiger partial charge in [0, 0.05) is 24.9 Å². The summed E-state index contributed by atoms with van der Waals surface area (Å²) in [6.07, 6.45) is 0.696.